The summed E-state index contributed by atoms with van der Waals surface area (Å²) in [5.41, 5.74) is 3.41. The molecular formula is C22H26N4O3S. The summed E-state index contributed by atoms with van der Waals surface area (Å²) in [5.74, 6) is 0.920. The molecule has 0 atom stereocenters. The Morgan fingerprint density at radius 3 is 2.70 bits per heavy atom. The first kappa shape index (κ1) is 20.5. The monoisotopic (exact) mass is 426 g/mol. The summed E-state index contributed by atoms with van der Waals surface area (Å²) in [6.07, 6.45) is 0. The van der Waals surface area contributed by atoms with Gasteiger partial charge in [-0.25, -0.2) is 9.78 Å². The number of nitrogens with one attached hydrogen (secondary N) is 1. The molecule has 158 valence electrons. The Kier molecular flexibility index (Phi) is 5.31. The van der Waals surface area contributed by atoms with Crippen molar-refractivity contribution in [2.45, 2.75) is 18.4 Å². The third kappa shape index (κ3) is 3.94. The van der Waals surface area contributed by atoms with E-state index in [0.29, 0.717) is 29.5 Å². The summed E-state index contributed by atoms with van der Waals surface area (Å²) < 4.78 is 21.3. The van der Waals surface area contributed by atoms with Gasteiger partial charge in [0.2, 0.25) is 0 Å². The number of benzene rings is 2. The fourth-order valence-corrected chi connectivity index (χ4v) is 5.14. The molecule has 2 heterocycles. The summed E-state index contributed by atoms with van der Waals surface area (Å²) in [7, 11) is 0.538. The van der Waals surface area contributed by atoms with Crippen molar-refractivity contribution < 1.29 is 13.9 Å². The van der Waals surface area contributed by atoms with Crippen molar-refractivity contribution in [1.29, 1.82) is 0 Å². The first-order valence-electron chi connectivity index (χ1n) is 9.73. The van der Waals surface area contributed by atoms with Crippen molar-refractivity contribution in [2.75, 3.05) is 36.6 Å². The van der Waals surface area contributed by atoms with Gasteiger partial charge in [0.25, 0.3) is 0 Å². The van der Waals surface area contributed by atoms with Crippen molar-refractivity contribution in [3.05, 3.63) is 59.7 Å². The predicted octanol–water partition coefficient (Wildman–Crippen LogP) is 4.77. The van der Waals surface area contributed by atoms with Gasteiger partial charge in [-0.05, 0) is 30.7 Å². The van der Waals surface area contributed by atoms with Gasteiger partial charge < -0.3 is 15.1 Å². The first-order chi connectivity index (χ1) is 14.2. The number of amides is 2. The van der Waals surface area contributed by atoms with E-state index in [2.05, 4.69) is 5.32 Å². The summed E-state index contributed by atoms with van der Waals surface area (Å²) >= 11 is 0. The number of nitrogens with zero attached hydrogens (tertiary/aromatic N) is 3. The lowest BCUT2D eigenvalue weighted by Crippen LogP contribution is -2.28. The van der Waals surface area contributed by atoms with Crippen LogP contribution in [0.2, 0.25) is 0 Å². The normalized spacial score (nSPS) is 16.5. The molecule has 1 aliphatic rings. The minimum atomic E-state index is -2.85. The van der Waals surface area contributed by atoms with Crippen LogP contribution in [0.25, 0.3) is 10.9 Å². The highest BCUT2D eigenvalue weighted by molar-refractivity contribution is 8.24. The molecular weight excluding hydrogens is 400 g/mol. The van der Waals surface area contributed by atoms with Crippen LogP contribution in [0.1, 0.15) is 11.1 Å². The quantitative estimate of drug-likeness (QED) is 0.549. The van der Waals surface area contributed by atoms with E-state index in [1.165, 1.54) is 4.90 Å². The summed E-state index contributed by atoms with van der Waals surface area (Å²) in [6.45, 7) is 2.96. The number of fused-ring (bicyclic) bond motifs is 2. The first-order valence-corrected chi connectivity index (χ1v) is 11.4. The van der Waals surface area contributed by atoms with Crippen LogP contribution in [-0.4, -0.2) is 51.4 Å². The number of hydrogen-bond donors (Lipinski definition) is 3. The Labute approximate surface area is 177 Å². The predicted molar refractivity (Wildman–Crippen MR) is 123 cm³/mol. The summed E-state index contributed by atoms with van der Waals surface area (Å²) in [6, 6.07) is 15.0. The Morgan fingerprint density at radius 1 is 1.17 bits per heavy atom. The maximum absolute atomic E-state index is 12.4. The molecule has 3 aromatic rings. The molecule has 4 rings (SSSR count). The van der Waals surface area contributed by atoms with Crippen LogP contribution in [0.4, 0.5) is 16.3 Å². The van der Waals surface area contributed by atoms with Gasteiger partial charge in [0.1, 0.15) is 5.82 Å². The van der Waals surface area contributed by atoms with E-state index in [9.17, 15) is 13.9 Å². The van der Waals surface area contributed by atoms with Gasteiger partial charge >= 0.3 is 6.03 Å². The lowest BCUT2D eigenvalue weighted by atomic mass is 10.1. The van der Waals surface area contributed by atoms with Crippen molar-refractivity contribution >= 4 is 39.0 Å². The standard InChI is InChI=1S/C22H26N4O3S/c1-15-8-9-18-17(12-15)19(24-22(27)25(2)3)13-21(23-18)26-10-11-30(28,29)20-7-5-4-6-16(20)14-26/h4-9,12-13,28-29H,10-11,14H2,1-3H3,(H,23,24,27). The molecule has 0 fully saturated rings. The molecule has 2 amide bonds. The van der Waals surface area contributed by atoms with Gasteiger partial charge in [0.15, 0.2) is 0 Å². The molecule has 7 nitrogen and oxygen atoms in total. The van der Waals surface area contributed by atoms with Crippen LogP contribution in [0.3, 0.4) is 0 Å². The van der Waals surface area contributed by atoms with Crippen LogP contribution in [0.15, 0.2) is 53.4 Å². The van der Waals surface area contributed by atoms with Crippen LogP contribution in [0, 0.1) is 6.92 Å². The van der Waals surface area contributed by atoms with Gasteiger partial charge in [-0.1, -0.05) is 29.8 Å². The van der Waals surface area contributed by atoms with Gasteiger partial charge in [-0.15, -0.1) is 0 Å². The minimum Gasteiger partial charge on any atom is -0.351 e. The highest BCUT2D eigenvalue weighted by Gasteiger charge is 2.26. The number of urea groups is 1. The maximum atomic E-state index is 12.4. The molecule has 0 saturated heterocycles. The molecule has 3 N–H and O–H groups in total. The van der Waals surface area contributed by atoms with Crippen LogP contribution >= 0.6 is 10.6 Å². The van der Waals surface area contributed by atoms with E-state index in [4.69, 9.17) is 4.98 Å². The Bertz CT molecular complexity index is 1120. The van der Waals surface area contributed by atoms with Crippen LogP contribution in [-0.2, 0) is 6.54 Å². The number of carbonyl (C=O) groups excluding carboxylic acids is 1. The highest BCUT2D eigenvalue weighted by Crippen LogP contribution is 2.51. The van der Waals surface area contributed by atoms with E-state index in [1.54, 1.807) is 20.2 Å². The lowest BCUT2D eigenvalue weighted by Gasteiger charge is -2.32. The van der Waals surface area contributed by atoms with E-state index < -0.39 is 10.6 Å². The zero-order chi connectivity index (χ0) is 21.5. The Hall–Kier alpha value is -2.81. The van der Waals surface area contributed by atoms with Crippen molar-refractivity contribution in [2.24, 2.45) is 0 Å². The second kappa shape index (κ2) is 7.79. The molecule has 2 aromatic carbocycles. The van der Waals surface area contributed by atoms with E-state index >= 15 is 0 Å². The average molecular weight is 427 g/mol. The minimum absolute atomic E-state index is 0.217. The van der Waals surface area contributed by atoms with E-state index in [0.717, 1.165) is 22.0 Å². The van der Waals surface area contributed by atoms with Crippen molar-refractivity contribution in [1.82, 2.24) is 9.88 Å². The van der Waals surface area contributed by atoms with Gasteiger partial charge in [0.05, 0.1) is 21.9 Å². The van der Waals surface area contributed by atoms with Crippen molar-refractivity contribution in [3.63, 3.8) is 0 Å². The van der Waals surface area contributed by atoms with E-state index in [-0.39, 0.29) is 11.8 Å². The summed E-state index contributed by atoms with van der Waals surface area (Å²) in [4.78, 5) is 21.3. The molecule has 1 aliphatic heterocycles. The number of aryl methyl sites for hydroxylation is 1. The zero-order valence-electron chi connectivity index (χ0n) is 17.3. The Balaban J connectivity index is 1.79. The second-order valence-electron chi connectivity index (χ2n) is 7.77. The molecule has 0 spiro atoms. The number of anilines is 2. The number of hydrogen-bond acceptors (Lipinski definition) is 5. The molecule has 0 radical (unpaired) electrons. The van der Waals surface area contributed by atoms with Crippen LogP contribution in [0.5, 0.6) is 0 Å². The molecule has 1 aromatic heterocycles. The molecule has 8 heteroatoms. The van der Waals surface area contributed by atoms with Gasteiger partial charge in [0, 0.05) is 38.6 Å². The molecule has 0 aliphatic carbocycles. The van der Waals surface area contributed by atoms with Gasteiger partial charge in [-0.3, -0.25) is 9.11 Å². The second-order valence-corrected chi connectivity index (χ2v) is 9.95. The number of pyridine rings is 1. The zero-order valence-corrected chi connectivity index (χ0v) is 18.1. The third-order valence-electron chi connectivity index (χ3n) is 5.25. The topological polar surface area (TPSA) is 88.9 Å². The third-order valence-corrected chi connectivity index (χ3v) is 7.11. The average Bonchev–Trinajstić information content (AvgIpc) is 2.84. The largest absolute Gasteiger partial charge is 0.351 e. The Morgan fingerprint density at radius 2 is 1.93 bits per heavy atom. The maximum Gasteiger partial charge on any atom is 0.321 e. The molecule has 0 unspecified atom stereocenters. The molecule has 0 bridgehead atoms. The van der Waals surface area contributed by atoms with Crippen LogP contribution < -0.4 is 10.2 Å². The smallest absolute Gasteiger partial charge is 0.321 e. The molecule has 30 heavy (non-hydrogen) atoms. The van der Waals surface area contributed by atoms with Crippen molar-refractivity contribution in [3.8, 4) is 0 Å². The van der Waals surface area contributed by atoms with Gasteiger partial charge in [-0.2, -0.15) is 10.6 Å². The fourth-order valence-electron chi connectivity index (χ4n) is 3.60. The summed E-state index contributed by atoms with van der Waals surface area (Å²) in [5, 5.41) is 3.84. The highest BCUT2D eigenvalue weighted by atomic mass is 32.3. The fraction of sp³-hybridized carbons (Fsp3) is 0.273. The number of rotatable bonds is 2. The number of carbonyl (C=O) groups is 1. The SMILES string of the molecule is Cc1ccc2nc(N3CCS(O)(O)c4ccccc4C3)cc(NC(=O)N(C)C)c2c1. The molecule has 0 saturated carbocycles. The number of aromatic nitrogens is 1. The van der Waals surface area contributed by atoms with E-state index in [1.807, 2.05) is 54.3 Å². The lowest BCUT2D eigenvalue weighted by molar-refractivity contribution is 0.231.